The van der Waals surface area contributed by atoms with Crippen molar-refractivity contribution in [2.24, 2.45) is 5.73 Å². The first-order valence-corrected chi connectivity index (χ1v) is 5.41. The Morgan fingerprint density at radius 1 is 1.62 bits per heavy atom. The summed E-state index contributed by atoms with van der Waals surface area (Å²) in [5.41, 5.74) is 5.72. The second-order valence-electron chi connectivity index (χ2n) is 3.35. The fourth-order valence-electron chi connectivity index (χ4n) is 1.19. The molecule has 4 heteroatoms. The molecule has 1 rings (SSSR count). The predicted molar refractivity (Wildman–Crippen MR) is 57.2 cm³/mol. The number of hydrogen-bond acceptors (Lipinski definition) is 3. The minimum Gasteiger partial charge on any atom is -0.396 e. The highest BCUT2D eigenvalue weighted by Crippen LogP contribution is 2.31. The highest BCUT2D eigenvalue weighted by atomic mass is 35.5. The molecule has 0 aliphatic carbocycles. The van der Waals surface area contributed by atoms with Gasteiger partial charge in [-0.2, -0.15) is 0 Å². The van der Waals surface area contributed by atoms with Crippen LogP contribution in [0.4, 0.5) is 0 Å². The molecule has 0 aromatic carbocycles. The third-order valence-electron chi connectivity index (χ3n) is 1.99. The molecule has 74 valence electrons. The summed E-state index contributed by atoms with van der Waals surface area (Å²) in [6.07, 6.45) is 1.50. The molecule has 0 bridgehead atoms. The monoisotopic (exact) mass is 219 g/mol. The van der Waals surface area contributed by atoms with Gasteiger partial charge in [0, 0.05) is 17.0 Å². The van der Waals surface area contributed by atoms with Crippen molar-refractivity contribution in [3.05, 3.63) is 21.3 Å². The summed E-state index contributed by atoms with van der Waals surface area (Å²) in [4.78, 5) is 1.07. The quantitative estimate of drug-likeness (QED) is 0.817. The van der Waals surface area contributed by atoms with Crippen LogP contribution in [0.25, 0.3) is 0 Å². The van der Waals surface area contributed by atoms with E-state index in [0.29, 0.717) is 0 Å². The molecule has 0 saturated carbocycles. The molecule has 1 unspecified atom stereocenters. The molecule has 13 heavy (non-hydrogen) atoms. The topological polar surface area (TPSA) is 46.2 Å². The smallest absolute Gasteiger partial charge is 0.0931 e. The third-order valence-corrected chi connectivity index (χ3v) is 3.50. The number of halogens is 1. The van der Waals surface area contributed by atoms with Crippen molar-refractivity contribution in [3.63, 3.8) is 0 Å². The van der Waals surface area contributed by atoms with E-state index in [1.54, 1.807) is 0 Å². The van der Waals surface area contributed by atoms with Crippen LogP contribution in [-0.2, 0) is 5.54 Å². The van der Waals surface area contributed by atoms with Gasteiger partial charge in [0.2, 0.25) is 0 Å². The molecular weight excluding hydrogens is 206 g/mol. The lowest BCUT2D eigenvalue weighted by molar-refractivity contribution is 0.266. The number of aliphatic hydroxyl groups excluding tert-OH is 1. The van der Waals surface area contributed by atoms with E-state index in [1.165, 1.54) is 11.3 Å². The second kappa shape index (κ2) is 4.42. The largest absolute Gasteiger partial charge is 0.396 e. The molecule has 0 radical (unpaired) electrons. The first-order chi connectivity index (χ1) is 6.06. The summed E-state index contributed by atoms with van der Waals surface area (Å²) in [6, 6.07) is 3.80. The zero-order valence-corrected chi connectivity index (χ0v) is 9.16. The molecule has 0 aliphatic rings. The summed E-state index contributed by atoms with van der Waals surface area (Å²) in [5.74, 6) is 0. The zero-order chi connectivity index (χ0) is 9.90. The molecule has 1 atom stereocenters. The molecule has 3 N–H and O–H groups in total. The van der Waals surface area contributed by atoms with E-state index in [-0.39, 0.29) is 12.1 Å². The maximum Gasteiger partial charge on any atom is 0.0931 e. The summed E-state index contributed by atoms with van der Waals surface area (Å²) < 4.78 is 0.760. The molecule has 0 aliphatic heterocycles. The van der Waals surface area contributed by atoms with Crippen molar-refractivity contribution < 1.29 is 5.11 Å². The van der Waals surface area contributed by atoms with Gasteiger partial charge in [-0.15, -0.1) is 11.3 Å². The number of thiophene rings is 1. The van der Waals surface area contributed by atoms with Crippen molar-refractivity contribution in [1.29, 1.82) is 0 Å². The Morgan fingerprint density at radius 3 is 2.77 bits per heavy atom. The van der Waals surface area contributed by atoms with Gasteiger partial charge in [0.25, 0.3) is 0 Å². The van der Waals surface area contributed by atoms with Gasteiger partial charge >= 0.3 is 0 Å². The molecule has 1 aromatic heterocycles. The average Bonchev–Trinajstić information content (AvgIpc) is 2.49. The number of aliphatic hydroxyl groups is 1. The predicted octanol–water partition coefficient (Wildman–Crippen LogP) is 2.35. The van der Waals surface area contributed by atoms with E-state index < -0.39 is 0 Å². The zero-order valence-electron chi connectivity index (χ0n) is 7.59. The number of rotatable bonds is 4. The fourth-order valence-corrected chi connectivity index (χ4v) is 2.32. The maximum atomic E-state index is 8.70. The van der Waals surface area contributed by atoms with E-state index in [2.05, 4.69) is 0 Å². The van der Waals surface area contributed by atoms with Crippen LogP contribution in [0.3, 0.4) is 0 Å². The molecular formula is C9H14ClNOS. The standard InChI is InChI=1S/C9H14ClNOS/c1-9(11,5-2-6-12)7-3-4-8(10)13-7/h3-4,12H,2,5-6,11H2,1H3. The first kappa shape index (κ1) is 11.0. The van der Waals surface area contributed by atoms with Gasteiger partial charge in [0.1, 0.15) is 0 Å². The van der Waals surface area contributed by atoms with Crippen molar-refractivity contribution in [2.45, 2.75) is 25.3 Å². The van der Waals surface area contributed by atoms with Gasteiger partial charge in [0.15, 0.2) is 0 Å². The lowest BCUT2D eigenvalue weighted by Crippen LogP contribution is -2.32. The van der Waals surface area contributed by atoms with Crippen LogP contribution in [0.5, 0.6) is 0 Å². The van der Waals surface area contributed by atoms with E-state index in [0.717, 1.165) is 22.1 Å². The van der Waals surface area contributed by atoms with Crippen LogP contribution < -0.4 is 5.73 Å². The van der Waals surface area contributed by atoms with Gasteiger partial charge in [-0.3, -0.25) is 0 Å². The summed E-state index contributed by atoms with van der Waals surface area (Å²) in [5, 5.41) is 8.70. The minimum atomic E-state index is -0.361. The third kappa shape index (κ3) is 2.95. The first-order valence-electron chi connectivity index (χ1n) is 4.22. The van der Waals surface area contributed by atoms with Crippen LogP contribution >= 0.6 is 22.9 Å². The highest BCUT2D eigenvalue weighted by molar-refractivity contribution is 7.16. The van der Waals surface area contributed by atoms with Crippen LogP contribution in [0.1, 0.15) is 24.6 Å². The lowest BCUT2D eigenvalue weighted by atomic mass is 9.95. The van der Waals surface area contributed by atoms with E-state index >= 15 is 0 Å². The van der Waals surface area contributed by atoms with Gasteiger partial charge in [-0.1, -0.05) is 11.6 Å². The van der Waals surface area contributed by atoms with E-state index in [1.807, 2.05) is 19.1 Å². The van der Waals surface area contributed by atoms with Crippen molar-refractivity contribution in [3.8, 4) is 0 Å². The maximum absolute atomic E-state index is 8.70. The fraction of sp³-hybridized carbons (Fsp3) is 0.556. The summed E-state index contributed by atoms with van der Waals surface area (Å²) in [7, 11) is 0. The highest BCUT2D eigenvalue weighted by Gasteiger charge is 2.22. The normalized spacial score (nSPS) is 15.7. The second-order valence-corrected chi connectivity index (χ2v) is 5.06. The SMILES string of the molecule is CC(N)(CCCO)c1ccc(Cl)s1. The van der Waals surface area contributed by atoms with Crippen LogP contribution in [0.15, 0.2) is 12.1 Å². The summed E-state index contributed by atoms with van der Waals surface area (Å²) in [6.45, 7) is 2.15. The van der Waals surface area contributed by atoms with Gasteiger partial charge in [-0.25, -0.2) is 0 Å². The molecule has 0 spiro atoms. The minimum absolute atomic E-state index is 0.186. The average molecular weight is 220 g/mol. The molecule has 0 amide bonds. The number of nitrogens with two attached hydrogens (primary N) is 1. The molecule has 2 nitrogen and oxygen atoms in total. The Morgan fingerprint density at radius 2 is 2.31 bits per heavy atom. The van der Waals surface area contributed by atoms with Crippen LogP contribution in [0, 0.1) is 0 Å². The van der Waals surface area contributed by atoms with Gasteiger partial charge < -0.3 is 10.8 Å². The lowest BCUT2D eigenvalue weighted by Gasteiger charge is -2.22. The molecule has 1 aromatic rings. The Hall–Kier alpha value is -0.0900. The van der Waals surface area contributed by atoms with Crippen molar-refractivity contribution in [1.82, 2.24) is 0 Å². The van der Waals surface area contributed by atoms with Gasteiger partial charge in [0.05, 0.1) is 4.34 Å². The van der Waals surface area contributed by atoms with Crippen LogP contribution in [-0.4, -0.2) is 11.7 Å². The van der Waals surface area contributed by atoms with E-state index in [4.69, 9.17) is 22.4 Å². The Kier molecular flexibility index (Phi) is 3.74. The Bertz CT molecular complexity index is 272. The number of hydrogen-bond donors (Lipinski definition) is 2. The van der Waals surface area contributed by atoms with E-state index in [9.17, 15) is 0 Å². The summed E-state index contributed by atoms with van der Waals surface area (Å²) >= 11 is 7.32. The molecule has 0 fully saturated rings. The molecule has 0 saturated heterocycles. The van der Waals surface area contributed by atoms with Crippen molar-refractivity contribution >= 4 is 22.9 Å². The Labute approximate surface area is 87.3 Å². The van der Waals surface area contributed by atoms with Gasteiger partial charge in [-0.05, 0) is 31.9 Å². The molecule has 1 heterocycles. The Balaban J connectivity index is 2.68. The van der Waals surface area contributed by atoms with Crippen molar-refractivity contribution in [2.75, 3.05) is 6.61 Å². The van der Waals surface area contributed by atoms with Crippen LogP contribution in [0.2, 0.25) is 4.34 Å².